The van der Waals surface area contributed by atoms with E-state index in [9.17, 15) is 13.2 Å². The Morgan fingerprint density at radius 2 is 1.78 bits per heavy atom. The number of nitrogens with zero attached hydrogens (tertiary/aromatic N) is 2. The van der Waals surface area contributed by atoms with Crippen molar-refractivity contribution in [1.82, 2.24) is 9.88 Å². The lowest BCUT2D eigenvalue weighted by Gasteiger charge is -2.30. The fourth-order valence-electron chi connectivity index (χ4n) is 4.24. The fraction of sp³-hybridized carbons (Fsp3) is 0.462. The van der Waals surface area contributed by atoms with Crippen molar-refractivity contribution in [2.24, 2.45) is 5.92 Å². The number of thiazole rings is 1. The molecular formula is C26H35ClN4O4S2. The molecule has 1 heterocycles. The molecule has 1 aliphatic rings. The van der Waals surface area contributed by atoms with Gasteiger partial charge < -0.3 is 14.8 Å². The topological polar surface area (TPSA) is 101 Å². The third-order valence-electron chi connectivity index (χ3n) is 6.44. The van der Waals surface area contributed by atoms with Gasteiger partial charge in [-0.2, -0.15) is 8.42 Å². The molecule has 4 rings (SSSR count). The third-order valence-corrected chi connectivity index (χ3v) is 8.64. The van der Waals surface area contributed by atoms with Crippen LogP contribution in [0.2, 0.25) is 0 Å². The van der Waals surface area contributed by atoms with Crippen molar-refractivity contribution in [3.05, 3.63) is 42.5 Å². The minimum absolute atomic E-state index is 0. The van der Waals surface area contributed by atoms with Gasteiger partial charge in [-0.15, -0.1) is 12.4 Å². The van der Waals surface area contributed by atoms with E-state index >= 15 is 0 Å². The maximum atomic E-state index is 12.8. The fourth-order valence-corrected chi connectivity index (χ4v) is 6.06. The van der Waals surface area contributed by atoms with Crippen LogP contribution in [-0.4, -0.2) is 49.4 Å². The summed E-state index contributed by atoms with van der Waals surface area (Å²) < 4.78 is 31.8. The lowest BCUT2D eigenvalue weighted by molar-refractivity contribution is -0.122. The van der Waals surface area contributed by atoms with E-state index in [2.05, 4.69) is 48.2 Å². The van der Waals surface area contributed by atoms with Gasteiger partial charge in [-0.3, -0.25) is 9.69 Å². The number of amides is 1. The van der Waals surface area contributed by atoms with E-state index in [-0.39, 0.29) is 34.9 Å². The van der Waals surface area contributed by atoms with E-state index in [4.69, 9.17) is 4.18 Å². The zero-order valence-electron chi connectivity index (χ0n) is 21.6. The summed E-state index contributed by atoms with van der Waals surface area (Å²) in [5.41, 5.74) is 1.53. The van der Waals surface area contributed by atoms with Crippen molar-refractivity contribution in [2.75, 3.05) is 23.7 Å². The van der Waals surface area contributed by atoms with Crippen molar-refractivity contribution in [2.45, 2.75) is 63.9 Å². The van der Waals surface area contributed by atoms with Gasteiger partial charge in [-0.25, -0.2) is 4.98 Å². The van der Waals surface area contributed by atoms with Crippen LogP contribution in [0.1, 0.15) is 47.0 Å². The molecule has 0 bridgehead atoms. The largest absolute Gasteiger partial charge is 0.384 e. The van der Waals surface area contributed by atoms with Gasteiger partial charge in [0.25, 0.3) is 0 Å². The number of nitrogens with one attached hydrogen (secondary N) is 2. The number of carbonyl (C=O) groups is 1. The SMILES string of the molecule is CC(C)N(CCNc1ccc(S(=O)(=O)Oc2ccc3nc(NC(=O)C4CCC4)sc3c2)cc1)C(C)C.Cl. The molecule has 37 heavy (non-hydrogen) atoms. The van der Waals surface area contributed by atoms with Crippen LogP contribution in [0.25, 0.3) is 10.2 Å². The molecule has 0 saturated heterocycles. The Labute approximate surface area is 229 Å². The second kappa shape index (κ2) is 12.4. The van der Waals surface area contributed by atoms with Gasteiger partial charge in [0.2, 0.25) is 5.91 Å². The second-order valence-corrected chi connectivity index (χ2v) is 12.3. The summed E-state index contributed by atoms with van der Waals surface area (Å²) in [6.07, 6.45) is 2.92. The lowest BCUT2D eigenvalue weighted by atomic mass is 9.85. The number of hydrogen-bond donors (Lipinski definition) is 2. The predicted octanol–water partition coefficient (Wildman–Crippen LogP) is 5.76. The molecule has 1 saturated carbocycles. The van der Waals surface area contributed by atoms with Gasteiger partial charge in [0.05, 0.1) is 10.2 Å². The molecule has 0 spiro atoms. The number of benzene rings is 2. The third kappa shape index (κ3) is 7.34. The van der Waals surface area contributed by atoms with E-state index in [0.29, 0.717) is 22.7 Å². The first kappa shape index (κ1) is 29.2. The molecule has 202 valence electrons. The number of carbonyl (C=O) groups excluding carboxylic acids is 1. The monoisotopic (exact) mass is 566 g/mol. The second-order valence-electron chi connectivity index (χ2n) is 9.68. The highest BCUT2D eigenvalue weighted by Gasteiger charge is 2.26. The van der Waals surface area contributed by atoms with Gasteiger partial charge >= 0.3 is 10.1 Å². The van der Waals surface area contributed by atoms with Crippen LogP contribution >= 0.6 is 23.7 Å². The lowest BCUT2D eigenvalue weighted by Crippen LogP contribution is -2.40. The Hall–Kier alpha value is -2.40. The summed E-state index contributed by atoms with van der Waals surface area (Å²) in [4.78, 5) is 19.1. The Morgan fingerprint density at radius 3 is 2.38 bits per heavy atom. The van der Waals surface area contributed by atoms with Crippen molar-refractivity contribution >= 4 is 60.8 Å². The molecule has 0 aliphatic heterocycles. The van der Waals surface area contributed by atoms with Crippen LogP contribution in [-0.2, 0) is 14.9 Å². The van der Waals surface area contributed by atoms with Gasteiger partial charge in [0, 0.05) is 42.8 Å². The first-order valence-corrected chi connectivity index (χ1v) is 14.6. The van der Waals surface area contributed by atoms with E-state index < -0.39 is 10.1 Å². The van der Waals surface area contributed by atoms with Crippen LogP contribution in [0.5, 0.6) is 5.75 Å². The van der Waals surface area contributed by atoms with Crippen molar-refractivity contribution < 1.29 is 17.4 Å². The summed E-state index contributed by atoms with van der Waals surface area (Å²) in [6.45, 7) is 10.4. The molecule has 0 atom stereocenters. The normalized spacial score (nSPS) is 14.0. The number of rotatable bonds is 11. The number of hydrogen-bond acceptors (Lipinski definition) is 8. The van der Waals surface area contributed by atoms with Crippen LogP contribution in [0, 0.1) is 5.92 Å². The first-order valence-electron chi connectivity index (χ1n) is 12.4. The molecule has 2 aromatic carbocycles. The standard InChI is InChI=1S/C26H34N4O4S2.ClH/c1-17(2)30(18(3)4)15-14-27-20-8-11-22(12-9-20)36(32,33)34-21-10-13-23-24(16-21)35-26(28-23)29-25(31)19-6-5-7-19;/h8-13,16-19,27H,5-7,14-15H2,1-4H3,(H,28,29,31);1H. The summed E-state index contributed by atoms with van der Waals surface area (Å²) in [5.74, 6) is 0.263. The Morgan fingerprint density at radius 1 is 1.11 bits per heavy atom. The molecule has 0 radical (unpaired) electrons. The van der Waals surface area contributed by atoms with Gasteiger partial charge in [-0.1, -0.05) is 17.8 Å². The molecule has 0 unspecified atom stereocenters. The number of aromatic nitrogens is 1. The quantitative estimate of drug-likeness (QED) is 0.285. The summed E-state index contributed by atoms with van der Waals surface area (Å²) in [7, 11) is -4.00. The summed E-state index contributed by atoms with van der Waals surface area (Å²) >= 11 is 1.30. The van der Waals surface area contributed by atoms with Gasteiger partial charge in [-0.05, 0) is 76.9 Å². The Bertz CT molecular complexity index is 1300. The number of anilines is 2. The van der Waals surface area contributed by atoms with Crippen molar-refractivity contribution in [3.63, 3.8) is 0 Å². The molecule has 1 aliphatic carbocycles. The minimum atomic E-state index is -4.00. The van der Waals surface area contributed by atoms with E-state index in [1.54, 1.807) is 42.5 Å². The van der Waals surface area contributed by atoms with Crippen molar-refractivity contribution in [1.29, 1.82) is 0 Å². The first-order chi connectivity index (χ1) is 17.1. The molecular weight excluding hydrogens is 532 g/mol. The van der Waals surface area contributed by atoms with Crippen LogP contribution in [0.3, 0.4) is 0 Å². The van der Waals surface area contributed by atoms with E-state index in [1.807, 2.05) is 0 Å². The van der Waals surface area contributed by atoms with Crippen LogP contribution in [0.4, 0.5) is 10.8 Å². The zero-order valence-corrected chi connectivity index (χ0v) is 24.0. The smallest absolute Gasteiger partial charge is 0.339 e. The Kier molecular flexibility index (Phi) is 9.80. The van der Waals surface area contributed by atoms with E-state index in [0.717, 1.165) is 42.7 Å². The minimum Gasteiger partial charge on any atom is -0.384 e. The van der Waals surface area contributed by atoms with Gasteiger partial charge in [0.1, 0.15) is 10.6 Å². The molecule has 3 aromatic rings. The van der Waals surface area contributed by atoms with Crippen molar-refractivity contribution in [3.8, 4) is 5.75 Å². The average Bonchev–Trinajstić information content (AvgIpc) is 3.16. The molecule has 8 nitrogen and oxygen atoms in total. The Balaban J connectivity index is 0.00000380. The van der Waals surface area contributed by atoms with E-state index in [1.165, 1.54) is 11.3 Å². The zero-order chi connectivity index (χ0) is 25.9. The highest BCUT2D eigenvalue weighted by Crippen LogP contribution is 2.32. The van der Waals surface area contributed by atoms with Crippen LogP contribution in [0.15, 0.2) is 47.4 Å². The van der Waals surface area contributed by atoms with Crippen LogP contribution < -0.4 is 14.8 Å². The molecule has 1 amide bonds. The van der Waals surface area contributed by atoms with Gasteiger partial charge in [0.15, 0.2) is 5.13 Å². The number of halogens is 1. The highest BCUT2D eigenvalue weighted by molar-refractivity contribution is 7.87. The highest BCUT2D eigenvalue weighted by atomic mass is 35.5. The molecule has 1 aromatic heterocycles. The summed E-state index contributed by atoms with van der Waals surface area (Å²) in [6, 6.07) is 12.4. The molecule has 2 N–H and O–H groups in total. The average molecular weight is 567 g/mol. The predicted molar refractivity (Wildman–Crippen MR) is 153 cm³/mol. The molecule has 11 heteroatoms. The summed E-state index contributed by atoms with van der Waals surface area (Å²) in [5, 5.41) is 6.72. The number of fused-ring (bicyclic) bond motifs is 1. The maximum Gasteiger partial charge on any atom is 0.339 e. The maximum absolute atomic E-state index is 12.8. The molecule has 1 fully saturated rings.